The van der Waals surface area contributed by atoms with Crippen molar-refractivity contribution in [1.29, 1.82) is 0 Å². The van der Waals surface area contributed by atoms with Crippen LogP contribution in [0.1, 0.15) is 26.6 Å². The molecule has 0 unspecified atom stereocenters. The normalized spacial score (nSPS) is 10.3. The van der Waals surface area contributed by atoms with Gasteiger partial charge in [-0.25, -0.2) is 4.98 Å². The van der Waals surface area contributed by atoms with Gasteiger partial charge < -0.3 is 11.1 Å². The lowest BCUT2D eigenvalue weighted by molar-refractivity contribution is -0.115. The average molecular weight is 289 g/mol. The Labute approximate surface area is 120 Å². The van der Waals surface area contributed by atoms with E-state index in [-0.39, 0.29) is 12.3 Å². The van der Waals surface area contributed by atoms with Gasteiger partial charge in [-0.1, -0.05) is 6.07 Å². The summed E-state index contributed by atoms with van der Waals surface area (Å²) >= 11 is 1.51. The highest BCUT2D eigenvalue weighted by Gasteiger charge is 2.12. The highest BCUT2D eigenvalue weighted by Crippen LogP contribution is 2.19. The molecule has 0 fully saturated rings. The van der Waals surface area contributed by atoms with Crippen molar-refractivity contribution in [1.82, 2.24) is 4.98 Å². The Morgan fingerprint density at radius 2 is 2.10 bits per heavy atom. The number of carbonyl (C=O) groups is 2. The predicted octanol–water partition coefficient (Wildman–Crippen LogP) is 2.04. The van der Waals surface area contributed by atoms with Crippen molar-refractivity contribution in [2.75, 3.05) is 5.32 Å². The maximum Gasteiger partial charge on any atom is 0.249 e. The summed E-state index contributed by atoms with van der Waals surface area (Å²) in [5.41, 5.74) is 7.70. The third-order valence-corrected chi connectivity index (χ3v) is 3.70. The van der Waals surface area contributed by atoms with Crippen LogP contribution in [0.2, 0.25) is 0 Å². The Kier molecular flexibility index (Phi) is 4.14. The van der Waals surface area contributed by atoms with Gasteiger partial charge in [-0.2, -0.15) is 0 Å². The Morgan fingerprint density at radius 1 is 1.35 bits per heavy atom. The number of benzene rings is 1. The molecule has 0 saturated carbocycles. The largest absolute Gasteiger partial charge is 0.366 e. The predicted molar refractivity (Wildman–Crippen MR) is 78.9 cm³/mol. The summed E-state index contributed by atoms with van der Waals surface area (Å²) < 4.78 is 0. The van der Waals surface area contributed by atoms with Crippen molar-refractivity contribution in [3.8, 4) is 0 Å². The number of nitrogens with zero attached hydrogens (tertiary/aromatic N) is 1. The Morgan fingerprint density at radius 3 is 2.70 bits per heavy atom. The van der Waals surface area contributed by atoms with Gasteiger partial charge in [0, 0.05) is 16.6 Å². The number of amides is 2. The van der Waals surface area contributed by atoms with E-state index in [4.69, 9.17) is 5.73 Å². The molecule has 20 heavy (non-hydrogen) atoms. The molecule has 0 aliphatic heterocycles. The molecule has 0 aliphatic rings. The number of primary amides is 1. The Bertz CT molecular complexity index is 664. The molecular weight excluding hydrogens is 274 g/mol. The van der Waals surface area contributed by atoms with Crippen molar-refractivity contribution < 1.29 is 9.59 Å². The van der Waals surface area contributed by atoms with Crippen molar-refractivity contribution in [3.05, 3.63) is 45.4 Å². The highest BCUT2D eigenvalue weighted by atomic mass is 32.1. The second-order valence-corrected chi connectivity index (χ2v) is 5.49. The first kappa shape index (κ1) is 14.2. The Hall–Kier alpha value is -2.21. The van der Waals surface area contributed by atoms with Gasteiger partial charge in [0.05, 0.1) is 17.1 Å². The number of rotatable bonds is 4. The molecule has 1 heterocycles. The van der Waals surface area contributed by atoms with Gasteiger partial charge in [-0.3, -0.25) is 9.59 Å². The molecule has 0 radical (unpaired) electrons. The SMILES string of the molecule is Cc1nc(CC(=O)Nc2cccc(C(N)=O)c2C)cs1. The molecule has 6 heteroatoms. The third-order valence-electron chi connectivity index (χ3n) is 2.88. The lowest BCUT2D eigenvalue weighted by atomic mass is 10.1. The van der Waals surface area contributed by atoms with E-state index in [0.717, 1.165) is 10.7 Å². The zero-order valence-corrected chi connectivity index (χ0v) is 12.1. The molecule has 0 saturated heterocycles. The van der Waals surface area contributed by atoms with Crippen LogP contribution in [0.25, 0.3) is 0 Å². The molecule has 1 aromatic heterocycles. The quantitative estimate of drug-likeness (QED) is 0.903. The first-order chi connectivity index (χ1) is 9.47. The minimum Gasteiger partial charge on any atom is -0.366 e. The monoisotopic (exact) mass is 289 g/mol. The summed E-state index contributed by atoms with van der Waals surface area (Å²) in [7, 11) is 0. The van der Waals surface area contributed by atoms with E-state index < -0.39 is 5.91 Å². The molecule has 0 atom stereocenters. The number of hydrogen-bond donors (Lipinski definition) is 2. The molecule has 1 aromatic carbocycles. The number of nitrogens with two attached hydrogens (primary N) is 1. The van der Waals surface area contributed by atoms with Gasteiger partial charge in [0.15, 0.2) is 0 Å². The van der Waals surface area contributed by atoms with Crippen LogP contribution in [0.5, 0.6) is 0 Å². The van der Waals surface area contributed by atoms with Crippen molar-refractivity contribution in [3.63, 3.8) is 0 Å². The van der Waals surface area contributed by atoms with E-state index in [1.54, 1.807) is 25.1 Å². The molecule has 2 amide bonds. The first-order valence-corrected chi connectivity index (χ1v) is 6.95. The van der Waals surface area contributed by atoms with E-state index in [1.807, 2.05) is 12.3 Å². The van der Waals surface area contributed by atoms with Crippen LogP contribution in [-0.4, -0.2) is 16.8 Å². The molecule has 2 aromatic rings. The van der Waals surface area contributed by atoms with E-state index in [0.29, 0.717) is 16.8 Å². The van der Waals surface area contributed by atoms with Crippen molar-refractivity contribution >= 4 is 28.8 Å². The van der Waals surface area contributed by atoms with E-state index >= 15 is 0 Å². The number of thiazole rings is 1. The molecule has 0 aliphatic carbocycles. The van der Waals surface area contributed by atoms with Crippen molar-refractivity contribution in [2.45, 2.75) is 20.3 Å². The van der Waals surface area contributed by atoms with Gasteiger partial charge in [-0.05, 0) is 31.5 Å². The molecular formula is C14H15N3O2S. The molecule has 3 N–H and O–H groups in total. The van der Waals surface area contributed by atoms with Crippen LogP contribution in [-0.2, 0) is 11.2 Å². The zero-order chi connectivity index (χ0) is 14.7. The van der Waals surface area contributed by atoms with E-state index in [2.05, 4.69) is 10.3 Å². The zero-order valence-electron chi connectivity index (χ0n) is 11.3. The smallest absolute Gasteiger partial charge is 0.249 e. The molecule has 2 rings (SSSR count). The second kappa shape index (κ2) is 5.83. The second-order valence-electron chi connectivity index (χ2n) is 4.43. The Balaban J connectivity index is 2.12. The number of aryl methyl sites for hydroxylation is 1. The van der Waals surface area contributed by atoms with Crippen LogP contribution in [0, 0.1) is 13.8 Å². The van der Waals surface area contributed by atoms with E-state index in [9.17, 15) is 9.59 Å². The molecule has 0 spiro atoms. The van der Waals surface area contributed by atoms with Gasteiger partial charge in [0.25, 0.3) is 0 Å². The summed E-state index contributed by atoms with van der Waals surface area (Å²) in [6, 6.07) is 5.07. The van der Waals surface area contributed by atoms with Crippen molar-refractivity contribution in [2.24, 2.45) is 5.73 Å². The van der Waals surface area contributed by atoms with Crippen LogP contribution in [0.4, 0.5) is 5.69 Å². The fourth-order valence-corrected chi connectivity index (χ4v) is 2.50. The lowest BCUT2D eigenvalue weighted by Gasteiger charge is -2.10. The number of aromatic nitrogens is 1. The van der Waals surface area contributed by atoms with Crippen LogP contribution < -0.4 is 11.1 Å². The minimum atomic E-state index is -0.506. The van der Waals surface area contributed by atoms with Crippen LogP contribution in [0.15, 0.2) is 23.6 Å². The summed E-state index contributed by atoms with van der Waals surface area (Å²) in [6.45, 7) is 3.65. The summed E-state index contributed by atoms with van der Waals surface area (Å²) in [4.78, 5) is 27.5. The van der Waals surface area contributed by atoms with Gasteiger partial charge in [0.1, 0.15) is 0 Å². The highest BCUT2D eigenvalue weighted by molar-refractivity contribution is 7.09. The standard InChI is InChI=1S/C14H15N3O2S/c1-8-11(14(15)19)4-3-5-12(8)17-13(18)6-10-7-20-9(2)16-10/h3-5,7H,6H2,1-2H3,(H2,15,19)(H,17,18). The summed E-state index contributed by atoms with van der Waals surface area (Å²) in [5.74, 6) is -0.672. The topological polar surface area (TPSA) is 85.1 Å². The average Bonchev–Trinajstić information content (AvgIpc) is 2.77. The fraction of sp³-hybridized carbons (Fsp3) is 0.214. The van der Waals surface area contributed by atoms with Gasteiger partial charge in [-0.15, -0.1) is 11.3 Å². The number of hydrogen-bond acceptors (Lipinski definition) is 4. The lowest BCUT2D eigenvalue weighted by Crippen LogP contribution is -2.18. The summed E-state index contributed by atoms with van der Waals surface area (Å²) in [5, 5.41) is 5.57. The number of nitrogens with one attached hydrogen (secondary N) is 1. The molecule has 5 nitrogen and oxygen atoms in total. The number of carbonyl (C=O) groups excluding carboxylic acids is 2. The molecule has 0 bridgehead atoms. The first-order valence-electron chi connectivity index (χ1n) is 6.07. The summed E-state index contributed by atoms with van der Waals surface area (Å²) in [6.07, 6.45) is 0.213. The minimum absolute atomic E-state index is 0.167. The van der Waals surface area contributed by atoms with Crippen LogP contribution in [0.3, 0.4) is 0 Å². The maximum absolute atomic E-state index is 12.0. The number of anilines is 1. The fourth-order valence-electron chi connectivity index (χ4n) is 1.89. The maximum atomic E-state index is 12.0. The van der Waals surface area contributed by atoms with E-state index in [1.165, 1.54) is 11.3 Å². The third kappa shape index (κ3) is 3.21. The van der Waals surface area contributed by atoms with Gasteiger partial charge >= 0.3 is 0 Å². The van der Waals surface area contributed by atoms with Crippen LogP contribution >= 0.6 is 11.3 Å². The van der Waals surface area contributed by atoms with Gasteiger partial charge in [0.2, 0.25) is 11.8 Å². The molecule has 104 valence electrons.